The van der Waals surface area contributed by atoms with Crippen LogP contribution in [0.3, 0.4) is 0 Å². The van der Waals surface area contributed by atoms with Gasteiger partial charge in [0.2, 0.25) is 0 Å². The van der Waals surface area contributed by atoms with Crippen LogP contribution in [0.15, 0.2) is 34.5 Å². The smallest absolute Gasteiger partial charge is 0.0324 e. The van der Waals surface area contributed by atoms with Gasteiger partial charge in [0.05, 0.1) is 0 Å². The number of nitrogens with zero attached hydrogens (tertiary/aromatic N) is 6. The van der Waals surface area contributed by atoms with Gasteiger partial charge in [-0.25, -0.2) is 0 Å². The zero-order valence-corrected chi connectivity index (χ0v) is 10.6. The van der Waals surface area contributed by atoms with Crippen molar-refractivity contribution in [3.05, 3.63) is 56.3 Å². The van der Waals surface area contributed by atoms with E-state index >= 15 is 0 Å². The second-order valence-corrected chi connectivity index (χ2v) is 4.26. The lowest BCUT2D eigenvalue weighted by molar-refractivity contribution is 0.711. The van der Waals surface area contributed by atoms with E-state index in [0.717, 1.165) is 11.1 Å². The van der Waals surface area contributed by atoms with Crippen LogP contribution in [0.25, 0.3) is 20.9 Å². The summed E-state index contributed by atoms with van der Waals surface area (Å²) in [6.07, 6.45) is 0. The summed E-state index contributed by atoms with van der Waals surface area (Å²) < 4.78 is 0. The molecule has 2 atom stereocenters. The Kier molecular flexibility index (Phi) is 5.58. The highest BCUT2D eigenvalue weighted by Crippen LogP contribution is 2.26. The minimum Gasteiger partial charge on any atom is -0.0934 e. The van der Waals surface area contributed by atoms with Crippen LogP contribution in [0.5, 0.6) is 0 Å². The van der Waals surface area contributed by atoms with Gasteiger partial charge >= 0.3 is 0 Å². The molecule has 0 heterocycles. The predicted octanol–water partition coefficient (Wildman–Crippen LogP) is 4.51. The highest BCUT2D eigenvalue weighted by atomic mass is 15.1. The van der Waals surface area contributed by atoms with Crippen molar-refractivity contribution in [3.8, 4) is 0 Å². The summed E-state index contributed by atoms with van der Waals surface area (Å²) in [6, 6.07) is 7.98. The number of benzene rings is 1. The Morgan fingerprint density at radius 1 is 0.944 bits per heavy atom. The van der Waals surface area contributed by atoms with Gasteiger partial charge in [-0.3, -0.25) is 0 Å². The molecule has 0 aromatic heterocycles. The van der Waals surface area contributed by atoms with Crippen LogP contribution in [0, 0.1) is 0 Å². The van der Waals surface area contributed by atoms with Crippen molar-refractivity contribution in [1.29, 1.82) is 0 Å². The van der Waals surface area contributed by atoms with Crippen molar-refractivity contribution in [2.24, 2.45) is 10.2 Å². The molecule has 0 fully saturated rings. The monoisotopic (exact) mass is 244 g/mol. The third kappa shape index (κ3) is 3.70. The normalized spacial score (nSPS) is 13.0. The van der Waals surface area contributed by atoms with Gasteiger partial charge in [-0.15, -0.1) is 0 Å². The molecular formula is C12H16N6. The van der Waals surface area contributed by atoms with Crippen LogP contribution < -0.4 is 0 Å². The maximum Gasteiger partial charge on any atom is 0.0324 e. The lowest BCUT2D eigenvalue weighted by Crippen LogP contribution is -2.06. The molecule has 0 N–H and O–H groups in total. The highest BCUT2D eigenvalue weighted by molar-refractivity contribution is 5.33. The van der Waals surface area contributed by atoms with Crippen molar-refractivity contribution in [2.75, 3.05) is 13.1 Å². The van der Waals surface area contributed by atoms with E-state index in [9.17, 15) is 0 Å². The van der Waals surface area contributed by atoms with Gasteiger partial charge in [0.1, 0.15) is 0 Å². The first-order valence-electron chi connectivity index (χ1n) is 5.81. The maximum atomic E-state index is 8.36. The van der Waals surface area contributed by atoms with E-state index in [4.69, 9.17) is 11.1 Å². The van der Waals surface area contributed by atoms with Crippen LogP contribution in [-0.2, 0) is 0 Å². The molecule has 18 heavy (non-hydrogen) atoms. The van der Waals surface area contributed by atoms with E-state index in [0.29, 0.717) is 13.1 Å². The second-order valence-electron chi connectivity index (χ2n) is 4.26. The molecule has 1 aromatic carbocycles. The van der Waals surface area contributed by atoms with Crippen LogP contribution in [0.1, 0.15) is 36.8 Å². The number of azide groups is 2. The second kappa shape index (κ2) is 7.22. The van der Waals surface area contributed by atoms with E-state index in [2.05, 4.69) is 20.1 Å². The van der Waals surface area contributed by atoms with E-state index in [1.807, 2.05) is 38.1 Å². The first kappa shape index (κ1) is 13.9. The van der Waals surface area contributed by atoms with Gasteiger partial charge in [-0.1, -0.05) is 48.3 Å². The highest BCUT2D eigenvalue weighted by Gasteiger charge is 2.13. The summed E-state index contributed by atoms with van der Waals surface area (Å²) in [5, 5.41) is 7.22. The molecule has 2 unspecified atom stereocenters. The Labute approximate surface area is 106 Å². The van der Waals surface area contributed by atoms with E-state index < -0.39 is 0 Å². The molecule has 0 amide bonds. The fourth-order valence-electron chi connectivity index (χ4n) is 1.92. The van der Waals surface area contributed by atoms with Crippen molar-refractivity contribution in [2.45, 2.75) is 25.7 Å². The predicted molar refractivity (Wildman–Crippen MR) is 71.3 cm³/mol. The lowest BCUT2D eigenvalue weighted by atomic mass is 9.89. The Bertz CT molecular complexity index is 440. The molecule has 0 bridgehead atoms. The first-order valence-corrected chi connectivity index (χ1v) is 5.81. The van der Waals surface area contributed by atoms with Gasteiger partial charge in [-0.2, -0.15) is 0 Å². The molecule has 0 aliphatic heterocycles. The average Bonchev–Trinajstić information content (AvgIpc) is 2.42. The van der Waals surface area contributed by atoms with E-state index in [-0.39, 0.29) is 11.8 Å². The fourth-order valence-corrected chi connectivity index (χ4v) is 1.92. The molecule has 0 saturated heterocycles. The third-order valence-corrected chi connectivity index (χ3v) is 2.90. The zero-order valence-electron chi connectivity index (χ0n) is 10.6. The van der Waals surface area contributed by atoms with Crippen LogP contribution in [-0.4, -0.2) is 13.1 Å². The maximum absolute atomic E-state index is 8.36. The molecule has 6 nitrogen and oxygen atoms in total. The van der Waals surface area contributed by atoms with Crippen molar-refractivity contribution >= 4 is 0 Å². The average molecular weight is 244 g/mol. The van der Waals surface area contributed by atoms with Crippen molar-refractivity contribution < 1.29 is 0 Å². The molecule has 0 saturated carbocycles. The van der Waals surface area contributed by atoms with Gasteiger partial charge < -0.3 is 0 Å². The van der Waals surface area contributed by atoms with Gasteiger partial charge in [0.25, 0.3) is 0 Å². The molecule has 0 aliphatic rings. The standard InChI is InChI=1S/C12H16N6/c1-9(7-15-17-13)11-5-3-4-6-12(11)10(2)8-16-18-14/h3-6,9-10H,7-8H2,1-2H3. The minimum atomic E-state index is 0.158. The van der Waals surface area contributed by atoms with Crippen LogP contribution in [0.2, 0.25) is 0 Å². The van der Waals surface area contributed by atoms with Gasteiger partial charge in [0, 0.05) is 22.9 Å². The summed E-state index contributed by atoms with van der Waals surface area (Å²) in [7, 11) is 0. The third-order valence-electron chi connectivity index (χ3n) is 2.90. The fraction of sp³-hybridized carbons (Fsp3) is 0.500. The van der Waals surface area contributed by atoms with Crippen molar-refractivity contribution in [1.82, 2.24) is 0 Å². The SMILES string of the molecule is CC(CN=[N+]=[N-])c1ccccc1C(C)CN=[N+]=[N-]. The minimum absolute atomic E-state index is 0.158. The molecule has 6 heteroatoms. The lowest BCUT2D eigenvalue weighted by Gasteiger charge is -2.18. The number of rotatable bonds is 6. The Hall–Kier alpha value is -2.16. The summed E-state index contributed by atoms with van der Waals surface area (Å²) in [5.74, 6) is 0.316. The van der Waals surface area contributed by atoms with Gasteiger partial charge in [0.15, 0.2) is 0 Å². The Morgan fingerprint density at radius 3 is 1.67 bits per heavy atom. The van der Waals surface area contributed by atoms with Crippen LogP contribution in [0.4, 0.5) is 0 Å². The summed E-state index contributed by atoms with van der Waals surface area (Å²) in [4.78, 5) is 5.57. The number of hydrogen-bond acceptors (Lipinski definition) is 2. The quantitative estimate of drug-likeness (QED) is 0.399. The van der Waals surface area contributed by atoms with E-state index in [1.54, 1.807) is 0 Å². The van der Waals surface area contributed by atoms with Crippen LogP contribution >= 0.6 is 0 Å². The largest absolute Gasteiger partial charge is 0.0934 e. The van der Waals surface area contributed by atoms with E-state index in [1.165, 1.54) is 0 Å². The molecule has 0 radical (unpaired) electrons. The molecule has 0 spiro atoms. The number of hydrogen-bond donors (Lipinski definition) is 0. The Morgan fingerprint density at radius 2 is 1.33 bits per heavy atom. The van der Waals surface area contributed by atoms with Crippen molar-refractivity contribution in [3.63, 3.8) is 0 Å². The molecule has 94 valence electrons. The Balaban J connectivity index is 2.97. The zero-order chi connectivity index (χ0) is 13.4. The molecular weight excluding hydrogens is 228 g/mol. The summed E-state index contributed by atoms with van der Waals surface area (Å²) >= 11 is 0. The molecule has 0 aliphatic carbocycles. The topological polar surface area (TPSA) is 97.5 Å². The summed E-state index contributed by atoms with van der Waals surface area (Å²) in [5.41, 5.74) is 19.0. The first-order chi connectivity index (χ1) is 8.70. The summed E-state index contributed by atoms with van der Waals surface area (Å²) in [6.45, 7) is 4.91. The molecule has 1 rings (SSSR count). The molecule has 1 aromatic rings. The van der Waals surface area contributed by atoms with Gasteiger partial charge in [-0.05, 0) is 34.0 Å².